The Labute approximate surface area is 165 Å². The van der Waals surface area contributed by atoms with Crippen LogP contribution in [0.25, 0.3) is 0 Å². The maximum absolute atomic E-state index is 13.5. The van der Waals surface area contributed by atoms with Gasteiger partial charge in [0.1, 0.15) is 30.4 Å². The maximum Gasteiger partial charge on any atom is 0.145 e. The van der Waals surface area contributed by atoms with Gasteiger partial charge < -0.3 is 29.5 Å². The monoisotopic (exact) mass is 385 g/mol. The number of ether oxygens (including phenoxy) is 2. The van der Waals surface area contributed by atoms with Crippen LogP contribution in [0.5, 0.6) is 0 Å². The first-order valence-corrected chi connectivity index (χ1v) is 9.82. The van der Waals surface area contributed by atoms with Crippen molar-refractivity contribution in [2.75, 3.05) is 13.2 Å². The lowest BCUT2D eigenvalue weighted by Gasteiger charge is -2.44. The first-order chi connectivity index (χ1) is 13.6. The highest BCUT2D eigenvalue weighted by atomic mass is 16.6. The van der Waals surface area contributed by atoms with Crippen molar-refractivity contribution in [1.82, 2.24) is 0 Å². The fraction of sp³-hybridized carbons (Fsp3) is 0.455. The second-order valence-corrected chi connectivity index (χ2v) is 7.69. The number of aliphatic hydroxyl groups excluding tert-OH is 2. The molecule has 0 saturated carbocycles. The molecular weight excluding hydrogens is 358 g/mol. The zero-order chi connectivity index (χ0) is 19.6. The normalized spacial score (nSPS) is 34.5. The Morgan fingerprint density at radius 1 is 0.929 bits per heavy atom. The van der Waals surface area contributed by atoms with E-state index in [1.165, 1.54) is 0 Å². The Kier molecular flexibility index (Phi) is 5.78. The summed E-state index contributed by atoms with van der Waals surface area (Å²) in [6, 6.07) is 18.2. The number of benzene rings is 2. The molecule has 0 radical (unpaired) electrons. The van der Waals surface area contributed by atoms with E-state index >= 15 is 0 Å². The minimum Gasteiger partial charge on any atom is -0.632 e. The fourth-order valence-electron chi connectivity index (χ4n) is 4.63. The first kappa shape index (κ1) is 19.5. The number of hydrogen-bond donors (Lipinski definition) is 2. The van der Waals surface area contributed by atoms with E-state index in [2.05, 4.69) is 0 Å². The van der Waals surface area contributed by atoms with Crippen molar-refractivity contribution >= 4 is 0 Å². The molecule has 150 valence electrons. The summed E-state index contributed by atoms with van der Waals surface area (Å²) >= 11 is 0. The molecule has 2 fully saturated rings. The molecular formula is C22H27NO5. The molecule has 6 nitrogen and oxygen atoms in total. The van der Waals surface area contributed by atoms with Gasteiger partial charge in [0, 0.05) is 6.42 Å². The molecule has 2 unspecified atom stereocenters. The molecule has 28 heavy (non-hydrogen) atoms. The average molecular weight is 385 g/mol. The molecule has 6 atom stereocenters. The van der Waals surface area contributed by atoms with E-state index in [1.54, 1.807) is 0 Å². The first-order valence-electron chi connectivity index (χ1n) is 9.82. The van der Waals surface area contributed by atoms with Crippen molar-refractivity contribution in [2.24, 2.45) is 0 Å². The van der Waals surface area contributed by atoms with Gasteiger partial charge in [-0.1, -0.05) is 60.7 Å². The Morgan fingerprint density at radius 3 is 2.07 bits per heavy atom. The summed E-state index contributed by atoms with van der Waals surface area (Å²) in [5.74, 6) is 0. The summed E-state index contributed by atoms with van der Waals surface area (Å²) in [4.78, 5) is 0. The van der Waals surface area contributed by atoms with Crippen LogP contribution < -0.4 is 0 Å². The summed E-state index contributed by atoms with van der Waals surface area (Å²) in [5.41, 5.74) is 2.02. The summed E-state index contributed by atoms with van der Waals surface area (Å²) in [7, 11) is 0. The molecule has 0 amide bonds. The summed E-state index contributed by atoms with van der Waals surface area (Å²) in [5, 5.41) is 34.1. The van der Waals surface area contributed by atoms with Crippen LogP contribution in [-0.4, -0.2) is 58.4 Å². The van der Waals surface area contributed by atoms with Crippen LogP contribution in [0.4, 0.5) is 0 Å². The Bertz CT molecular complexity index is 758. The molecule has 0 bridgehead atoms. The summed E-state index contributed by atoms with van der Waals surface area (Å²) in [6.45, 7) is 0.672. The van der Waals surface area contributed by atoms with Gasteiger partial charge in [0.05, 0.1) is 26.4 Å². The van der Waals surface area contributed by atoms with E-state index in [0.717, 1.165) is 11.1 Å². The highest BCUT2D eigenvalue weighted by molar-refractivity contribution is 5.15. The van der Waals surface area contributed by atoms with Gasteiger partial charge in [-0.25, -0.2) is 0 Å². The van der Waals surface area contributed by atoms with Crippen LogP contribution in [0.15, 0.2) is 60.7 Å². The van der Waals surface area contributed by atoms with E-state index in [1.807, 2.05) is 60.7 Å². The van der Waals surface area contributed by atoms with Crippen LogP contribution in [0, 0.1) is 5.21 Å². The lowest BCUT2D eigenvalue weighted by molar-refractivity contribution is -0.908. The lowest BCUT2D eigenvalue weighted by Crippen LogP contribution is -2.54. The van der Waals surface area contributed by atoms with Crippen molar-refractivity contribution in [2.45, 2.75) is 50.0 Å². The molecule has 4 rings (SSSR count). The fourth-order valence-corrected chi connectivity index (χ4v) is 4.63. The lowest BCUT2D eigenvalue weighted by atomic mass is 10.0. The topological polar surface area (TPSA) is 82.0 Å². The molecule has 2 aliphatic heterocycles. The van der Waals surface area contributed by atoms with Crippen LogP contribution in [0.1, 0.15) is 17.5 Å². The standard InChI is InChI=1S/C22H27NO5/c24-13-18-21(25)22(28-15-17-9-5-2-6-10-17)20-19(11-12-23(18,20)26)27-14-16-7-3-1-4-8-16/h1-10,18-22,24-25H,11-15H2/t18-,19+,20?,21-,22-,23?/m1/s1. The molecule has 2 aromatic carbocycles. The minimum atomic E-state index is -1.01. The molecule has 0 aromatic heterocycles. The maximum atomic E-state index is 13.5. The third kappa shape index (κ3) is 3.59. The van der Waals surface area contributed by atoms with Crippen molar-refractivity contribution in [1.29, 1.82) is 0 Å². The number of hydroxylamine groups is 3. The van der Waals surface area contributed by atoms with Crippen molar-refractivity contribution in [3.8, 4) is 0 Å². The summed E-state index contributed by atoms with van der Waals surface area (Å²) < 4.78 is 11.5. The van der Waals surface area contributed by atoms with Gasteiger partial charge >= 0.3 is 0 Å². The molecule has 2 aliphatic rings. The average Bonchev–Trinajstić information content (AvgIpc) is 3.16. The number of quaternary nitrogens is 1. The Balaban J connectivity index is 1.50. The molecule has 2 heterocycles. The van der Waals surface area contributed by atoms with Crippen LogP contribution in [0.3, 0.4) is 0 Å². The predicted octanol–water partition coefficient (Wildman–Crippen LogP) is 1.98. The molecule has 0 aliphatic carbocycles. The smallest absolute Gasteiger partial charge is 0.145 e. The second-order valence-electron chi connectivity index (χ2n) is 7.69. The van der Waals surface area contributed by atoms with Gasteiger partial charge in [-0.05, 0) is 11.1 Å². The van der Waals surface area contributed by atoms with Crippen LogP contribution in [0.2, 0.25) is 0 Å². The second kappa shape index (κ2) is 8.29. The van der Waals surface area contributed by atoms with Crippen LogP contribution >= 0.6 is 0 Å². The highest BCUT2D eigenvalue weighted by Crippen LogP contribution is 2.43. The highest BCUT2D eigenvalue weighted by Gasteiger charge is 2.63. The van der Waals surface area contributed by atoms with Gasteiger partial charge in [-0.3, -0.25) is 0 Å². The number of rotatable bonds is 7. The molecule has 2 N–H and O–H groups in total. The Morgan fingerprint density at radius 2 is 1.50 bits per heavy atom. The number of hydrogen-bond acceptors (Lipinski definition) is 5. The predicted molar refractivity (Wildman–Crippen MR) is 104 cm³/mol. The number of nitrogens with zero attached hydrogens (tertiary/aromatic N) is 1. The van der Waals surface area contributed by atoms with E-state index in [-0.39, 0.29) is 12.7 Å². The van der Waals surface area contributed by atoms with Crippen molar-refractivity contribution < 1.29 is 24.3 Å². The number of fused-ring (bicyclic) bond motifs is 1. The van der Waals surface area contributed by atoms with Gasteiger partial charge in [0.2, 0.25) is 0 Å². The number of aliphatic hydroxyl groups is 2. The zero-order valence-electron chi connectivity index (χ0n) is 15.8. The third-order valence-electron chi connectivity index (χ3n) is 6.06. The molecule has 2 saturated heterocycles. The van der Waals surface area contributed by atoms with E-state index in [9.17, 15) is 15.4 Å². The van der Waals surface area contributed by atoms with Gasteiger partial charge in [-0.2, -0.15) is 0 Å². The van der Waals surface area contributed by atoms with Crippen molar-refractivity contribution in [3.05, 3.63) is 77.0 Å². The van der Waals surface area contributed by atoms with Crippen molar-refractivity contribution in [3.63, 3.8) is 0 Å². The van der Waals surface area contributed by atoms with Crippen LogP contribution in [-0.2, 0) is 22.7 Å². The summed E-state index contributed by atoms with van der Waals surface area (Å²) in [6.07, 6.45) is -1.41. The SMILES string of the molecule is [O-][N+]12CC[C@H](OCc3ccccc3)C1[C@@H](OCc1ccccc1)[C@H](O)[C@H]2CO. The van der Waals surface area contributed by atoms with Gasteiger partial charge in [0.15, 0.2) is 0 Å². The minimum absolute atomic E-state index is 0.308. The Hall–Kier alpha value is -1.80. The molecule has 6 heteroatoms. The molecule has 2 aromatic rings. The van der Waals surface area contributed by atoms with E-state index in [0.29, 0.717) is 26.2 Å². The molecule has 0 spiro atoms. The third-order valence-corrected chi connectivity index (χ3v) is 6.06. The quantitative estimate of drug-likeness (QED) is 0.563. The largest absolute Gasteiger partial charge is 0.632 e. The van der Waals surface area contributed by atoms with Gasteiger partial charge in [0.25, 0.3) is 0 Å². The zero-order valence-corrected chi connectivity index (χ0v) is 15.8. The van der Waals surface area contributed by atoms with E-state index in [4.69, 9.17) is 9.47 Å². The van der Waals surface area contributed by atoms with E-state index < -0.39 is 28.9 Å². The van der Waals surface area contributed by atoms with Gasteiger partial charge in [-0.15, -0.1) is 0 Å².